The van der Waals surface area contributed by atoms with E-state index in [-0.39, 0.29) is 12.8 Å². The molecule has 1 aliphatic rings. The Bertz CT molecular complexity index is 138. The van der Waals surface area contributed by atoms with Gasteiger partial charge < -0.3 is 10.5 Å². The molecule has 1 aliphatic heterocycles. The van der Waals surface area contributed by atoms with Gasteiger partial charge in [-0.1, -0.05) is 0 Å². The minimum absolute atomic E-state index is 0.247. The first-order valence-electron chi connectivity index (χ1n) is 3.70. The predicted molar refractivity (Wildman–Crippen MR) is 37.6 cm³/mol. The van der Waals surface area contributed by atoms with E-state index in [1.54, 1.807) is 0 Å². The van der Waals surface area contributed by atoms with Gasteiger partial charge in [0.2, 0.25) is 0 Å². The lowest BCUT2D eigenvalue weighted by Crippen LogP contribution is -2.57. The smallest absolute Gasteiger partial charge is 0.263 e. The van der Waals surface area contributed by atoms with Gasteiger partial charge >= 0.3 is 0 Å². The Morgan fingerprint density at radius 2 is 1.82 bits per heavy atom. The second-order valence-corrected chi connectivity index (χ2v) is 3.16. The number of ether oxygens (including phenoxy) is 1. The molecule has 0 saturated carbocycles. The Hall–Kier alpha value is -0.220. The molecular formula is C7H13F2NO. The standard InChI is InChI=1S/C7H13F2NO/c1-6(8,9)7(10)2-4-11-5-3-7/h2-5,10H2,1H3. The summed E-state index contributed by atoms with van der Waals surface area (Å²) in [5.74, 6) is -2.79. The van der Waals surface area contributed by atoms with Gasteiger partial charge in [-0.05, 0) is 12.8 Å². The summed E-state index contributed by atoms with van der Waals surface area (Å²) in [5.41, 5.74) is 4.16. The molecule has 0 radical (unpaired) electrons. The second-order valence-electron chi connectivity index (χ2n) is 3.16. The van der Waals surface area contributed by atoms with Crippen LogP contribution in [0.25, 0.3) is 0 Å². The molecule has 66 valence electrons. The highest BCUT2D eigenvalue weighted by atomic mass is 19.3. The van der Waals surface area contributed by atoms with E-state index in [0.717, 1.165) is 6.92 Å². The van der Waals surface area contributed by atoms with E-state index in [1.165, 1.54) is 0 Å². The molecule has 0 amide bonds. The van der Waals surface area contributed by atoms with Crippen LogP contribution in [-0.2, 0) is 4.74 Å². The molecule has 0 aromatic rings. The largest absolute Gasteiger partial charge is 0.381 e. The van der Waals surface area contributed by atoms with Crippen LogP contribution in [0.4, 0.5) is 8.78 Å². The van der Waals surface area contributed by atoms with Crippen molar-refractivity contribution in [2.45, 2.75) is 31.2 Å². The summed E-state index contributed by atoms with van der Waals surface area (Å²) in [5, 5.41) is 0. The van der Waals surface area contributed by atoms with E-state index in [4.69, 9.17) is 10.5 Å². The van der Waals surface area contributed by atoms with Crippen LogP contribution < -0.4 is 5.73 Å². The van der Waals surface area contributed by atoms with Crippen molar-refractivity contribution >= 4 is 0 Å². The molecule has 0 atom stereocenters. The summed E-state index contributed by atoms with van der Waals surface area (Å²) in [4.78, 5) is 0. The van der Waals surface area contributed by atoms with Crippen LogP contribution in [0.2, 0.25) is 0 Å². The summed E-state index contributed by atoms with van der Waals surface area (Å²) in [6, 6.07) is 0. The van der Waals surface area contributed by atoms with Crippen LogP contribution >= 0.6 is 0 Å². The highest BCUT2D eigenvalue weighted by Gasteiger charge is 2.47. The van der Waals surface area contributed by atoms with Crippen molar-refractivity contribution in [3.63, 3.8) is 0 Å². The maximum atomic E-state index is 12.8. The molecular weight excluding hydrogens is 152 g/mol. The number of hydrogen-bond donors (Lipinski definition) is 1. The molecule has 1 rings (SSSR count). The highest BCUT2D eigenvalue weighted by molar-refractivity contribution is 4.96. The molecule has 11 heavy (non-hydrogen) atoms. The number of hydrogen-bond acceptors (Lipinski definition) is 2. The summed E-state index contributed by atoms with van der Waals surface area (Å²) >= 11 is 0. The SMILES string of the molecule is CC(F)(F)C1(N)CCOCC1. The predicted octanol–water partition coefficient (Wildman–Crippen LogP) is 1.15. The van der Waals surface area contributed by atoms with Crippen LogP contribution in [-0.4, -0.2) is 24.7 Å². The average Bonchev–Trinajstić information content (AvgIpc) is 1.87. The first-order valence-corrected chi connectivity index (χ1v) is 3.70. The van der Waals surface area contributed by atoms with Gasteiger partial charge in [0.05, 0.1) is 5.54 Å². The van der Waals surface area contributed by atoms with Crippen molar-refractivity contribution in [1.82, 2.24) is 0 Å². The van der Waals surface area contributed by atoms with Gasteiger partial charge in [-0.25, -0.2) is 8.78 Å². The van der Waals surface area contributed by atoms with Gasteiger partial charge in [0, 0.05) is 20.1 Å². The van der Waals surface area contributed by atoms with Gasteiger partial charge in [0.1, 0.15) is 0 Å². The molecule has 0 aliphatic carbocycles. The van der Waals surface area contributed by atoms with Gasteiger partial charge in [-0.15, -0.1) is 0 Å². The third kappa shape index (κ3) is 1.68. The Labute approximate surface area is 64.7 Å². The Balaban J connectivity index is 2.64. The van der Waals surface area contributed by atoms with E-state index in [1.807, 2.05) is 0 Å². The van der Waals surface area contributed by atoms with Crippen molar-refractivity contribution in [3.8, 4) is 0 Å². The normalized spacial score (nSPS) is 25.1. The lowest BCUT2D eigenvalue weighted by molar-refractivity contribution is -0.0991. The van der Waals surface area contributed by atoms with Gasteiger partial charge in [-0.2, -0.15) is 0 Å². The molecule has 2 N–H and O–H groups in total. The second kappa shape index (κ2) is 2.68. The van der Waals surface area contributed by atoms with Gasteiger partial charge in [-0.3, -0.25) is 0 Å². The van der Waals surface area contributed by atoms with E-state index in [9.17, 15) is 8.78 Å². The zero-order valence-corrected chi connectivity index (χ0v) is 6.57. The van der Waals surface area contributed by atoms with Crippen LogP contribution in [0.15, 0.2) is 0 Å². The molecule has 0 bridgehead atoms. The zero-order valence-electron chi connectivity index (χ0n) is 6.57. The highest BCUT2D eigenvalue weighted by Crippen LogP contribution is 2.33. The molecule has 2 nitrogen and oxygen atoms in total. The first-order chi connectivity index (χ1) is 4.96. The van der Waals surface area contributed by atoms with Gasteiger partial charge in [0.15, 0.2) is 0 Å². The molecule has 4 heteroatoms. The number of alkyl halides is 2. The maximum Gasteiger partial charge on any atom is 0.263 e. The van der Waals surface area contributed by atoms with Crippen molar-refractivity contribution in [1.29, 1.82) is 0 Å². The first kappa shape index (κ1) is 8.87. The average molecular weight is 165 g/mol. The fraction of sp³-hybridized carbons (Fsp3) is 1.00. The summed E-state index contributed by atoms with van der Waals surface area (Å²) in [6.07, 6.45) is 0.493. The lowest BCUT2D eigenvalue weighted by Gasteiger charge is -2.37. The van der Waals surface area contributed by atoms with Crippen molar-refractivity contribution < 1.29 is 13.5 Å². The number of halogens is 2. The van der Waals surface area contributed by atoms with E-state index < -0.39 is 11.5 Å². The Morgan fingerprint density at radius 3 is 2.09 bits per heavy atom. The fourth-order valence-corrected chi connectivity index (χ4v) is 1.17. The van der Waals surface area contributed by atoms with Crippen molar-refractivity contribution in [2.24, 2.45) is 5.73 Å². The summed E-state index contributed by atoms with van der Waals surface area (Å²) < 4.78 is 30.6. The minimum Gasteiger partial charge on any atom is -0.381 e. The van der Waals surface area contributed by atoms with Crippen molar-refractivity contribution in [3.05, 3.63) is 0 Å². The third-order valence-corrected chi connectivity index (χ3v) is 2.26. The quantitative estimate of drug-likeness (QED) is 0.632. The van der Waals surface area contributed by atoms with Crippen molar-refractivity contribution in [2.75, 3.05) is 13.2 Å². The van der Waals surface area contributed by atoms with Crippen LogP contribution in [0.1, 0.15) is 19.8 Å². The lowest BCUT2D eigenvalue weighted by atomic mass is 9.85. The van der Waals surface area contributed by atoms with Gasteiger partial charge in [0.25, 0.3) is 5.92 Å². The fourth-order valence-electron chi connectivity index (χ4n) is 1.17. The molecule has 1 heterocycles. The van der Waals surface area contributed by atoms with E-state index >= 15 is 0 Å². The Kier molecular flexibility index (Phi) is 2.16. The monoisotopic (exact) mass is 165 g/mol. The van der Waals surface area contributed by atoms with Crippen LogP contribution in [0, 0.1) is 0 Å². The zero-order chi connectivity index (χ0) is 8.54. The third-order valence-electron chi connectivity index (χ3n) is 2.26. The minimum atomic E-state index is -2.79. The molecule has 1 saturated heterocycles. The molecule has 1 fully saturated rings. The molecule has 0 unspecified atom stereocenters. The van der Waals surface area contributed by atoms with E-state index in [0.29, 0.717) is 13.2 Å². The number of nitrogens with two attached hydrogens (primary N) is 1. The summed E-state index contributed by atoms with van der Waals surface area (Å²) in [6.45, 7) is 1.57. The van der Waals surface area contributed by atoms with Crippen LogP contribution in [0.3, 0.4) is 0 Å². The Morgan fingerprint density at radius 1 is 1.36 bits per heavy atom. The topological polar surface area (TPSA) is 35.2 Å². The summed E-state index contributed by atoms with van der Waals surface area (Å²) in [7, 11) is 0. The molecule has 0 spiro atoms. The maximum absolute atomic E-state index is 12.8. The molecule has 0 aromatic carbocycles. The van der Waals surface area contributed by atoms with Crippen LogP contribution in [0.5, 0.6) is 0 Å². The van der Waals surface area contributed by atoms with E-state index in [2.05, 4.69) is 0 Å². The number of rotatable bonds is 1. The molecule has 0 aromatic heterocycles.